The van der Waals surface area contributed by atoms with E-state index >= 15 is 0 Å². The van der Waals surface area contributed by atoms with Gasteiger partial charge in [-0.25, -0.2) is 4.98 Å². The molecule has 0 aliphatic rings. The predicted molar refractivity (Wildman–Crippen MR) is 66.5 cm³/mol. The van der Waals surface area contributed by atoms with Gasteiger partial charge in [0.15, 0.2) is 0 Å². The van der Waals surface area contributed by atoms with Gasteiger partial charge in [-0.05, 0) is 11.4 Å². The first-order chi connectivity index (χ1) is 7.66. The summed E-state index contributed by atoms with van der Waals surface area (Å²) in [4.78, 5) is 16.1. The molecule has 1 N–H and O–H groups in total. The third kappa shape index (κ3) is 2.52. The number of nitrogens with one attached hydrogen (secondary N) is 1. The van der Waals surface area contributed by atoms with E-state index in [0.717, 1.165) is 0 Å². The van der Waals surface area contributed by atoms with Crippen LogP contribution in [0.3, 0.4) is 0 Å². The summed E-state index contributed by atoms with van der Waals surface area (Å²) in [6.45, 7) is 0. The van der Waals surface area contributed by atoms with Gasteiger partial charge in [-0.3, -0.25) is 4.79 Å². The van der Waals surface area contributed by atoms with Crippen molar-refractivity contribution in [3.8, 4) is 0 Å². The van der Waals surface area contributed by atoms with Gasteiger partial charge in [0, 0.05) is 12.3 Å². The largest absolute Gasteiger partial charge is 0.320 e. The molecule has 0 fully saturated rings. The fraction of sp³-hybridized carbons (Fsp3) is 0. The molecule has 6 heteroatoms. The Morgan fingerprint density at radius 3 is 2.94 bits per heavy atom. The van der Waals surface area contributed by atoms with Crippen molar-refractivity contribution in [2.75, 3.05) is 5.32 Å². The van der Waals surface area contributed by atoms with E-state index in [1.54, 1.807) is 12.1 Å². The lowest BCUT2D eigenvalue weighted by Gasteiger charge is -2.05. The fourth-order valence-electron chi connectivity index (χ4n) is 1.10. The quantitative estimate of drug-likeness (QED) is 0.847. The number of pyridine rings is 1. The molecule has 2 aromatic heterocycles. The zero-order chi connectivity index (χ0) is 11.5. The second-order valence-electron chi connectivity index (χ2n) is 2.92. The highest BCUT2D eigenvalue weighted by Crippen LogP contribution is 2.24. The molecule has 2 aromatic rings. The number of aromatic nitrogens is 1. The van der Waals surface area contributed by atoms with Crippen molar-refractivity contribution in [2.45, 2.75) is 0 Å². The highest BCUT2D eigenvalue weighted by atomic mass is 35.5. The van der Waals surface area contributed by atoms with E-state index in [2.05, 4.69) is 10.3 Å². The van der Waals surface area contributed by atoms with Crippen molar-refractivity contribution in [1.29, 1.82) is 0 Å². The van der Waals surface area contributed by atoms with E-state index in [-0.39, 0.29) is 11.1 Å². The van der Waals surface area contributed by atoms with E-state index in [4.69, 9.17) is 23.2 Å². The number of anilines is 1. The Bertz CT molecular complexity index is 514. The number of carbonyl (C=O) groups is 1. The van der Waals surface area contributed by atoms with Crippen LogP contribution in [0.15, 0.2) is 29.8 Å². The summed E-state index contributed by atoms with van der Waals surface area (Å²) in [5.74, 6) is -0.209. The molecule has 0 unspecified atom stereocenters. The Kier molecular flexibility index (Phi) is 3.43. The summed E-state index contributed by atoms with van der Waals surface area (Å²) >= 11 is 12.9. The number of halogens is 2. The SMILES string of the molecule is O=C(Nc1cc(Cl)ncc1Cl)c1cccs1. The molecular formula is C10H6Cl2N2OS. The maximum atomic E-state index is 11.7. The molecule has 1 amide bonds. The van der Waals surface area contributed by atoms with Crippen LogP contribution in [0.1, 0.15) is 9.67 Å². The standard InChI is InChI=1S/C10H6Cl2N2OS/c11-6-5-13-9(12)4-7(6)14-10(15)8-2-1-3-16-8/h1-5H,(H,13,14,15). The molecule has 16 heavy (non-hydrogen) atoms. The molecule has 0 saturated heterocycles. The zero-order valence-electron chi connectivity index (χ0n) is 7.91. The minimum Gasteiger partial charge on any atom is -0.320 e. The number of hydrogen-bond donors (Lipinski definition) is 1. The predicted octanol–water partition coefficient (Wildman–Crippen LogP) is 3.70. The van der Waals surface area contributed by atoms with Crippen LogP contribution in [-0.2, 0) is 0 Å². The molecule has 0 saturated carbocycles. The average molecular weight is 273 g/mol. The highest BCUT2D eigenvalue weighted by molar-refractivity contribution is 7.12. The molecular weight excluding hydrogens is 267 g/mol. The summed E-state index contributed by atoms with van der Waals surface area (Å²) in [5, 5.41) is 5.14. The van der Waals surface area contributed by atoms with E-state index in [1.807, 2.05) is 5.38 Å². The second kappa shape index (κ2) is 4.82. The van der Waals surface area contributed by atoms with Crippen LogP contribution in [0.5, 0.6) is 0 Å². The van der Waals surface area contributed by atoms with Crippen molar-refractivity contribution in [3.63, 3.8) is 0 Å². The van der Waals surface area contributed by atoms with Crippen molar-refractivity contribution in [3.05, 3.63) is 44.8 Å². The minimum absolute atomic E-state index is 0.209. The van der Waals surface area contributed by atoms with Crippen LogP contribution >= 0.6 is 34.5 Å². The van der Waals surface area contributed by atoms with Crippen molar-refractivity contribution in [1.82, 2.24) is 4.98 Å². The lowest BCUT2D eigenvalue weighted by Crippen LogP contribution is -2.10. The number of rotatable bonds is 2. The van der Waals surface area contributed by atoms with Crippen LogP contribution in [-0.4, -0.2) is 10.9 Å². The van der Waals surface area contributed by atoms with Gasteiger partial charge in [0.2, 0.25) is 0 Å². The summed E-state index contributed by atoms with van der Waals surface area (Å²) < 4.78 is 0. The summed E-state index contributed by atoms with van der Waals surface area (Å²) in [6, 6.07) is 5.05. The molecule has 0 spiro atoms. The molecule has 0 aromatic carbocycles. The molecule has 0 aliphatic heterocycles. The van der Waals surface area contributed by atoms with E-state index in [0.29, 0.717) is 15.6 Å². The normalized spacial score (nSPS) is 10.1. The fourth-order valence-corrected chi connectivity index (χ4v) is 2.03. The number of amides is 1. The monoisotopic (exact) mass is 272 g/mol. The summed E-state index contributed by atoms with van der Waals surface area (Å²) in [5.41, 5.74) is 0.458. The Hall–Kier alpha value is -1.10. The van der Waals surface area contributed by atoms with E-state index in [9.17, 15) is 4.79 Å². The van der Waals surface area contributed by atoms with Crippen LogP contribution in [0.2, 0.25) is 10.2 Å². The highest BCUT2D eigenvalue weighted by Gasteiger charge is 2.09. The maximum Gasteiger partial charge on any atom is 0.265 e. The molecule has 2 heterocycles. The van der Waals surface area contributed by atoms with Gasteiger partial charge in [-0.2, -0.15) is 0 Å². The van der Waals surface area contributed by atoms with Crippen molar-refractivity contribution < 1.29 is 4.79 Å². The van der Waals surface area contributed by atoms with Crippen molar-refractivity contribution >= 4 is 46.1 Å². The van der Waals surface area contributed by atoms with Crippen LogP contribution in [0.4, 0.5) is 5.69 Å². The van der Waals surface area contributed by atoms with Crippen LogP contribution in [0.25, 0.3) is 0 Å². The number of hydrogen-bond acceptors (Lipinski definition) is 3. The van der Waals surface area contributed by atoms with Gasteiger partial charge in [-0.15, -0.1) is 11.3 Å². The number of carbonyl (C=O) groups excluding carboxylic acids is 1. The number of nitrogens with zero attached hydrogens (tertiary/aromatic N) is 1. The Labute approximate surface area is 106 Å². The first-order valence-electron chi connectivity index (χ1n) is 4.33. The van der Waals surface area contributed by atoms with Crippen molar-refractivity contribution in [2.24, 2.45) is 0 Å². The maximum absolute atomic E-state index is 11.7. The molecule has 2 rings (SSSR count). The molecule has 3 nitrogen and oxygen atoms in total. The van der Waals surface area contributed by atoms with Gasteiger partial charge in [0.1, 0.15) is 5.15 Å². The minimum atomic E-state index is -0.209. The number of thiophene rings is 1. The molecule has 0 bridgehead atoms. The Morgan fingerprint density at radius 1 is 1.44 bits per heavy atom. The van der Waals surface area contributed by atoms with Gasteiger partial charge in [0.25, 0.3) is 5.91 Å². The lowest BCUT2D eigenvalue weighted by atomic mass is 10.3. The lowest BCUT2D eigenvalue weighted by molar-refractivity contribution is 0.103. The average Bonchev–Trinajstić information content (AvgIpc) is 2.76. The topological polar surface area (TPSA) is 42.0 Å². The zero-order valence-corrected chi connectivity index (χ0v) is 10.2. The molecule has 0 radical (unpaired) electrons. The third-order valence-corrected chi connectivity index (χ3v) is 3.19. The van der Waals surface area contributed by atoms with Gasteiger partial charge < -0.3 is 5.32 Å². The van der Waals surface area contributed by atoms with Gasteiger partial charge in [-0.1, -0.05) is 29.3 Å². The first kappa shape index (κ1) is 11.4. The second-order valence-corrected chi connectivity index (χ2v) is 4.66. The first-order valence-corrected chi connectivity index (χ1v) is 5.96. The van der Waals surface area contributed by atoms with Crippen LogP contribution in [0, 0.1) is 0 Å². The van der Waals surface area contributed by atoms with Gasteiger partial charge >= 0.3 is 0 Å². The smallest absolute Gasteiger partial charge is 0.265 e. The summed E-state index contributed by atoms with van der Waals surface area (Å²) in [7, 11) is 0. The Morgan fingerprint density at radius 2 is 2.25 bits per heavy atom. The Balaban J connectivity index is 2.21. The van der Waals surface area contributed by atoms with E-state index in [1.165, 1.54) is 23.6 Å². The third-order valence-electron chi connectivity index (χ3n) is 1.82. The van der Waals surface area contributed by atoms with Gasteiger partial charge in [0.05, 0.1) is 15.6 Å². The van der Waals surface area contributed by atoms with E-state index < -0.39 is 0 Å². The molecule has 82 valence electrons. The van der Waals surface area contributed by atoms with Crippen LogP contribution < -0.4 is 5.32 Å². The summed E-state index contributed by atoms with van der Waals surface area (Å²) in [6.07, 6.45) is 1.40. The molecule has 0 atom stereocenters. The molecule has 0 aliphatic carbocycles.